The highest BCUT2D eigenvalue weighted by atomic mass is 79.9. The number of rotatable bonds is 5. The smallest absolute Gasteiger partial charge is 0.138 e. The van der Waals surface area contributed by atoms with E-state index in [4.69, 9.17) is 4.42 Å². The Labute approximate surface area is 130 Å². The molecule has 1 heterocycles. The van der Waals surface area contributed by atoms with Gasteiger partial charge in [-0.1, -0.05) is 43.6 Å². The first-order valence-corrected chi connectivity index (χ1v) is 8.11. The number of furan rings is 1. The van der Waals surface area contributed by atoms with Gasteiger partial charge in [0.05, 0.1) is 6.54 Å². The van der Waals surface area contributed by atoms with Crippen LogP contribution in [0.25, 0.3) is 11.0 Å². The average Bonchev–Trinajstić information content (AvgIpc) is 2.67. The molecule has 20 heavy (non-hydrogen) atoms. The Morgan fingerprint density at radius 3 is 2.45 bits per heavy atom. The van der Waals surface area contributed by atoms with Gasteiger partial charge < -0.3 is 9.73 Å². The highest BCUT2D eigenvalue weighted by molar-refractivity contribution is 9.10. The van der Waals surface area contributed by atoms with Crippen LogP contribution in [0.15, 0.2) is 21.0 Å². The lowest BCUT2D eigenvalue weighted by Gasteiger charge is -2.08. The zero-order valence-electron chi connectivity index (χ0n) is 13.0. The number of halogens is 1. The molecule has 110 valence electrons. The standard InChI is InChI=1S/C17H24BrNO/c1-10(2)6-14-15-8-12(18)7-13(11(3)4)17(15)20-16(14)9-19-5/h7-8,10-11,19H,6,9H2,1-5H3. The van der Waals surface area contributed by atoms with Gasteiger partial charge in [0.15, 0.2) is 0 Å². The molecule has 0 aliphatic carbocycles. The Hall–Kier alpha value is -0.800. The predicted octanol–water partition coefficient (Wildman–Crippen LogP) is 5.24. The van der Waals surface area contributed by atoms with Crippen LogP contribution in [-0.4, -0.2) is 7.05 Å². The van der Waals surface area contributed by atoms with Crippen molar-refractivity contribution in [3.63, 3.8) is 0 Å². The first-order chi connectivity index (χ1) is 9.43. The lowest BCUT2D eigenvalue weighted by atomic mass is 9.96. The van der Waals surface area contributed by atoms with Crippen molar-refractivity contribution in [2.24, 2.45) is 5.92 Å². The molecule has 2 aromatic rings. The molecule has 0 aliphatic heterocycles. The molecule has 2 nitrogen and oxygen atoms in total. The fourth-order valence-electron chi connectivity index (χ4n) is 2.65. The molecule has 0 fully saturated rings. The van der Waals surface area contributed by atoms with Crippen molar-refractivity contribution in [1.29, 1.82) is 0 Å². The first-order valence-electron chi connectivity index (χ1n) is 7.32. The van der Waals surface area contributed by atoms with Crippen molar-refractivity contribution in [3.8, 4) is 0 Å². The van der Waals surface area contributed by atoms with E-state index in [1.54, 1.807) is 0 Å². The summed E-state index contributed by atoms with van der Waals surface area (Å²) in [7, 11) is 1.96. The third-order valence-electron chi connectivity index (χ3n) is 3.54. The summed E-state index contributed by atoms with van der Waals surface area (Å²) in [6.07, 6.45) is 1.05. The predicted molar refractivity (Wildman–Crippen MR) is 89.3 cm³/mol. The Bertz CT molecular complexity index is 599. The van der Waals surface area contributed by atoms with Crippen LogP contribution in [0, 0.1) is 5.92 Å². The summed E-state index contributed by atoms with van der Waals surface area (Å²) in [5, 5.41) is 4.48. The van der Waals surface area contributed by atoms with Crippen LogP contribution in [0.1, 0.15) is 50.5 Å². The van der Waals surface area contributed by atoms with Crippen molar-refractivity contribution in [2.45, 2.75) is 46.6 Å². The van der Waals surface area contributed by atoms with E-state index in [2.05, 4.69) is 61.1 Å². The molecule has 0 amide bonds. The van der Waals surface area contributed by atoms with Gasteiger partial charge in [0.1, 0.15) is 11.3 Å². The average molecular weight is 338 g/mol. The van der Waals surface area contributed by atoms with E-state index in [0.29, 0.717) is 11.8 Å². The van der Waals surface area contributed by atoms with Gasteiger partial charge in [-0.15, -0.1) is 0 Å². The molecule has 0 saturated carbocycles. The summed E-state index contributed by atoms with van der Waals surface area (Å²) in [6, 6.07) is 4.38. The third kappa shape index (κ3) is 3.09. The van der Waals surface area contributed by atoms with Crippen LogP contribution in [-0.2, 0) is 13.0 Å². The maximum atomic E-state index is 6.20. The van der Waals surface area contributed by atoms with Crippen molar-refractivity contribution in [1.82, 2.24) is 5.32 Å². The molecule has 0 radical (unpaired) electrons. The van der Waals surface area contributed by atoms with Gasteiger partial charge >= 0.3 is 0 Å². The monoisotopic (exact) mass is 337 g/mol. The molecule has 1 aromatic heterocycles. The van der Waals surface area contributed by atoms with Crippen LogP contribution in [0.3, 0.4) is 0 Å². The normalized spacial score (nSPS) is 12.0. The molecular weight excluding hydrogens is 314 g/mol. The Balaban J connectivity index is 2.69. The summed E-state index contributed by atoms with van der Waals surface area (Å²) in [6.45, 7) is 9.71. The van der Waals surface area contributed by atoms with Crippen LogP contribution in [0.5, 0.6) is 0 Å². The second-order valence-electron chi connectivity index (χ2n) is 6.16. The summed E-state index contributed by atoms with van der Waals surface area (Å²) >= 11 is 3.64. The van der Waals surface area contributed by atoms with E-state index >= 15 is 0 Å². The molecular formula is C17H24BrNO. The zero-order valence-corrected chi connectivity index (χ0v) is 14.6. The van der Waals surface area contributed by atoms with E-state index in [1.807, 2.05) is 7.05 Å². The molecule has 0 aliphatic rings. The van der Waals surface area contributed by atoms with E-state index in [9.17, 15) is 0 Å². The van der Waals surface area contributed by atoms with E-state index in [0.717, 1.165) is 28.8 Å². The van der Waals surface area contributed by atoms with Gasteiger partial charge in [0, 0.05) is 15.4 Å². The molecule has 1 aromatic carbocycles. The number of hydrogen-bond donors (Lipinski definition) is 1. The van der Waals surface area contributed by atoms with Crippen molar-refractivity contribution >= 4 is 26.9 Å². The third-order valence-corrected chi connectivity index (χ3v) is 4.00. The quantitative estimate of drug-likeness (QED) is 0.807. The molecule has 0 spiro atoms. The number of nitrogens with one attached hydrogen (secondary N) is 1. The minimum Gasteiger partial charge on any atom is -0.459 e. The first kappa shape index (κ1) is 15.6. The molecule has 0 atom stereocenters. The van der Waals surface area contributed by atoms with Crippen LogP contribution in [0.2, 0.25) is 0 Å². The Kier molecular flexibility index (Phi) is 4.92. The van der Waals surface area contributed by atoms with Gasteiger partial charge in [-0.3, -0.25) is 0 Å². The largest absolute Gasteiger partial charge is 0.459 e. The Morgan fingerprint density at radius 2 is 1.90 bits per heavy atom. The van der Waals surface area contributed by atoms with Crippen molar-refractivity contribution in [2.75, 3.05) is 7.05 Å². The van der Waals surface area contributed by atoms with Gasteiger partial charge in [0.2, 0.25) is 0 Å². The van der Waals surface area contributed by atoms with Gasteiger partial charge in [-0.2, -0.15) is 0 Å². The summed E-state index contributed by atoms with van der Waals surface area (Å²) < 4.78 is 7.34. The van der Waals surface area contributed by atoms with E-state index < -0.39 is 0 Å². The fourth-order valence-corrected chi connectivity index (χ4v) is 3.13. The van der Waals surface area contributed by atoms with Crippen LogP contribution >= 0.6 is 15.9 Å². The van der Waals surface area contributed by atoms with Crippen LogP contribution < -0.4 is 5.32 Å². The van der Waals surface area contributed by atoms with E-state index in [-0.39, 0.29) is 0 Å². The minimum atomic E-state index is 0.454. The zero-order chi connectivity index (χ0) is 14.9. The SMILES string of the molecule is CNCc1oc2c(C(C)C)cc(Br)cc2c1CC(C)C. The second-order valence-corrected chi connectivity index (χ2v) is 7.07. The molecule has 0 bridgehead atoms. The fraction of sp³-hybridized carbons (Fsp3) is 0.529. The number of hydrogen-bond acceptors (Lipinski definition) is 2. The van der Waals surface area contributed by atoms with Gasteiger partial charge in [-0.25, -0.2) is 0 Å². The topological polar surface area (TPSA) is 25.2 Å². The van der Waals surface area contributed by atoms with E-state index in [1.165, 1.54) is 16.5 Å². The maximum Gasteiger partial charge on any atom is 0.138 e. The molecule has 0 saturated heterocycles. The molecule has 1 N–H and O–H groups in total. The second kappa shape index (κ2) is 6.31. The van der Waals surface area contributed by atoms with Gasteiger partial charge in [-0.05, 0) is 43.0 Å². The van der Waals surface area contributed by atoms with Crippen molar-refractivity contribution in [3.05, 3.63) is 33.5 Å². The maximum absolute atomic E-state index is 6.20. The Morgan fingerprint density at radius 1 is 1.20 bits per heavy atom. The molecule has 0 unspecified atom stereocenters. The van der Waals surface area contributed by atoms with Crippen LogP contribution in [0.4, 0.5) is 0 Å². The van der Waals surface area contributed by atoms with Gasteiger partial charge in [0.25, 0.3) is 0 Å². The summed E-state index contributed by atoms with van der Waals surface area (Å²) in [4.78, 5) is 0. The molecule has 2 rings (SSSR count). The summed E-state index contributed by atoms with van der Waals surface area (Å²) in [5.74, 6) is 2.15. The molecule has 3 heteroatoms. The van der Waals surface area contributed by atoms with Crippen molar-refractivity contribution < 1.29 is 4.42 Å². The highest BCUT2D eigenvalue weighted by Gasteiger charge is 2.19. The lowest BCUT2D eigenvalue weighted by molar-refractivity contribution is 0.512. The lowest BCUT2D eigenvalue weighted by Crippen LogP contribution is -2.07. The number of fused-ring (bicyclic) bond motifs is 1. The highest BCUT2D eigenvalue weighted by Crippen LogP contribution is 2.36. The summed E-state index contributed by atoms with van der Waals surface area (Å²) in [5.41, 5.74) is 3.69. The minimum absolute atomic E-state index is 0.454. The number of benzene rings is 1.